The smallest absolute Gasteiger partial charge is 0.321 e. The Morgan fingerprint density at radius 3 is 2.36 bits per heavy atom. The van der Waals surface area contributed by atoms with Crippen molar-refractivity contribution in [3.63, 3.8) is 0 Å². The molecule has 3 rings (SSSR count). The largest absolute Gasteiger partial charge is 0.339 e. The second-order valence-corrected chi connectivity index (χ2v) is 6.84. The molecule has 0 aromatic heterocycles. The standard InChI is InChI=1S/C16H20BrN3O2/c1-11-10-13(4-5-14(11)17)18-16(22)20-8-6-19(7-9-20)15(21)12-2-3-12/h4-5,10,12H,2-3,6-9H2,1H3,(H,18,22). The normalized spacial score (nSPS) is 18.3. The van der Waals surface area contributed by atoms with Gasteiger partial charge in [0.1, 0.15) is 0 Å². The number of aryl methyl sites for hydroxylation is 1. The molecule has 1 aliphatic heterocycles. The number of hydrogen-bond acceptors (Lipinski definition) is 2. The van der Waals surface area contributed by atoms with Crippen molar-refractivity contribution in [1.29, 1.82) is 0 Å². The summed E-state index contributed by atoms with van der Waals surface area (Å²) in [5.74, 6) is 0.523. The molecule has 6 heteroatoms. The topological polar surface area (TPSA) is 52.7 Å². The molecule has 1 heterocycles. The van der Waals surface area contributed by atoms with Gasteiger partial charge >= 0.3 is 6.03 Å². The maximum Gasteiger partial charge on any atom is 0.321 e. The van der Waals surface area contributed by atoms with Gasteiger partial charge in [0.05, 0.1) is 0 Å². The quantitative estimate of drug-likeness (QED) is 0.875. The third kappa shape index (κ3) is 3.43. The van der Waals surface area contributed by atoms with Crippen LogP contribution in [0.1, 0.15) is 18.4 Å². The molecule has 2 fully saturated rings. The van der Waals surface area contributed by atoms with E-state index in [2.05, 4.69) is 21.2 Å². The molecule has 3 amide bonds. The summed E-state index contributed by atoms with van der Waals surface area (Å²) in [6.45, 7) is 4.46. The minimum atomic E-state index is -0.0970. The van der Waals surface area contributed by atoms with E-state index in [4.69, 9.17) is 0 Å². The van der Waals surface area contributed by atoms with Crippen molar-refractivity contribution < 1.29 is 9.59 Å². The number of piperazine rings is 1. The highest BCUT2D eigenvalue weighted by Crippen LogP contribution is 2.31. The third-order valence-corrected chi connectivity index (χ3v) is 5.10. The second kappa shape index (κ2) is 6.28. The number of nitrogens with zero attached hydrogens (tertiary/aromatic N) is 2. The van der Waals surface area contributed by atoms with Gasteiger partial charge < -0.3 is 15.1 Å². The average Bonchev–Trinajstić information content (AvgIpc) is 3.35. The van der Waals surface area contributed by atoms with Gasteiger partial charge in [-0.1, -0.05) is 15.9 Å². The van der Waals surface area contributed by atoms with Gasteiger partial charge in [0.15, 0.2) is 0 Å². The van der Waals surface area contributed by atoms with Crippen molar-refractivity contribution in [3.05, 3.63) is 28.2 Å². The van der Waals surface area contributed by atoms with Crippen LogP contribution in [0.15, 0.2) is 22.7 Å². The number of benzene rings is 1. The first-order valence-corrected chi connectivity index (χ1v) is 8.45. The van der Waals surface area contributed by atoms with Crippen molar-refractivity contribution >= 4 is 33.6 Å². The van der Waals surface area contributed by atoms with E-state index >= 15 is 0 Å². The van der Waals surface area contributed by atoms with E-state index < -0.39 is 0 Å². The van der Waals surface area contributed by atoms with Gasteiger partial charge in [-0.3, -0.25) is 4.79 Å². The van der Waals surface area contributed by atoms with Crippen molar-refractivity contribution in [2.75, 3.05) is 31.5 Å². The molecule has 1 aromatic carbocycles. The van der Waals surface area contributed by atoms with Gasteiger partial charge in [0, 0.05) is 42.3 Å². The Hall–Kier alpha value is -1.56. The van der Waals surface area contributed by atoms with E-state index in [-0.39, 0.29) is 17.9 Å². The molecule has 118 valence electrons. The maximum atomic E-state index is 12.3. The van der Waals surface area contributed by atoms with E-state index in [0.29, 0.717) is 26.2 Å². The number of amides is 3. The first-order chi connectivity index (χ1) is 10.5. The molecular formula is C16H20BrN3O2. The van der Waals surface area contributed by atoms with Gasteiger partial charge in [-0.05, 0) is 43.5 Å². The van der Waals surface area contributed by atoms with Crippen molar-refractivity contribution in [2.24, 2.45) is 5.92 Å². The molecule has 1 saturated carbocycles. The highest BCUT2D eigenvalue weighted by molar-refractivity contribution is 9.10. The first kappa shape index (κ1) is 15.3. The minimum Gasteiger partial charge on any atom is -0.339 e. The van der Waals surface area contributed by atoms with Crippen LogP contribution in [0, 0.1) is 12.8 Å². The van der Waals surface area contributed by atoms with Gasteiger partial charge in [-0.15, -0.1) is 0 Å². The summed E-state index contributed by atoms with van der Waals surface area (Å²) >= 11 is 3.45. The predicted octanol–water partition coefficient (Wildman–Crippen LogP) is 2.84. The zero-order chi connectivity index (χ0) is 15.7. The van der Waals surface area contributed by atoms with Crippen LogP contribution in [0.2, 0.25) is 0 Å². The molecule has 0 radical (unpaired) electrons. The SMILES string of the molecule is Cc1cc(NC(=O)N2CCN(C(=O)C3CC3)CC2)ccc1Br. The highest BCUT2D eigenvalue weighted by Gasteiger charge is 2.35. The summed E-state index contributed by atoms with van der Waals surface area (Å²) < 4.78 is 1.03. The van der Waals surface area contributed by atoms with E-state index in [1.165, 1.54) is 0 Å². The molecule has 2 aliphatic rings. The van der Waals surface area contributed by atoms with Crippen LogP contribution in [-0.2, 0) is 4.79 Å². The van der Waals surface area contributed by atoms with Crippen LogP contribution >= 0.6 is 15.9 Å². The fourth-order valence-electron chi connectivity index (χ4n) is 2.64. The second-order valence-electron chi connectivity index (χ2n) is 5.98. The van der Waals surface area contributed by atoms with Gasteiger partial charge in [-0.2, -0.15) is 0 Å². The number of anilines is 1. The monoisotopic (exact) mass is 365 g/mol. The van der Waals surface area contributed by atoms with Crippen LogP contribution in [0.5, 0.6) is 0 Å². The molecule has 1 aliphatic carbocycles. The van der Waals surface area contributed by atoms with E-state index in [1.807, 2.05) is 30.0 Å². The molecule has 0 bridgehead atoms. The van der Waals surface area contributed by atoms with Crippen LogP contribution in [0.4, 0.5) is 10.5 Å². The zero-order valence-corrected chi connectivity index (χ0v) is 14.2. The summed E-state index contributed by atoms with van der Waals surface area (Å²) in [6, 6.07) is 5.65. The van der Waals surface area contributed by atoms with Gasteiger partial charge in [0.25, 0.3) is 0 Å². The fraction of sp³-hybridized carbons (Fsp3) is 0.500. The average molecular weight is 366 g/mol. The molecule has 5 nitrogen and oxygen atoms in total. The van der Waals surface area contributed by atoms with E-state index in [9.17, 15) is 9.59 Å². The minimum absolute atomic E-state index is 0.0970. The molecule has 0 spiro atoms. The van der Waals surface area contributed by atoms with Gasteiger partial charge in [0.2, 0.25) is 5.91 Å². The Morgan fingerprint density at radius 2 is 1.77 bits per heavy atom. The van der Waals surface area contributed by atoms with Crippen molar-refractivity contribution in [1.82, 2.24) is 9.80 Å². The number of carbonyl (C=O) groups is 2. The van der Waals surface area contributed by atoms with Crippen molar-refractivity contribution in [3.8, 4) is 0 Å². The lowest BCUT2D eigenvalue weighted by atomic mass is 10.2. The predicted molar refractivity (Wildman–Crippen MR) is 88.8 cm³/mol. The van der Waals surface area contributed by atoms with Gasteiger partial charge in [-0.25, -0.2) is 4.79 Å². The van der Waals surface area contributed by atoms with E-state index in [1.54, 1.807) is 4.90 Å². The Bertz CT molecular complexity index is 593. The zero-order valence-electron chi connectivity index (χ0n) is 12.6. The number of urea groups is 1. The number of nitrogens with one attached hydrogen (secondary N) is 1. The summed E-state index contributed by atoms with van der Waals surface area (Å²) in [5.41, 5.74) is 1.87. The Morgan fingerprint density at radius 1 is 1.14 bits per heavy atom. The molecule has 22 heavy (non-hydrogen) atoms. The molecule has 0 unspecified atom stereocenters. The molecule has 1 aromatic rings. The number of carbonyl (C=O) groups excluding carboxylic acids is 2. The number of hydrogen-bond donors (Lipinski definition) is 1. The summed E-state index contributed by atoms with van der Waals surface area (Å²) in [7, 11) is 0. The summed E-state index contributed by atoms with van der Waals surface area (Å²) in [5, 5.41) is 2.92. The lowest BCUT2D eigenvalue weighted by Gasteiger charge is -2.34. The Labute approximate surface area is 138 Å². The Kier molecular flexibility index (Phi) is 4.38. The fourth-order valence-corrected chi connectivity index (χ4v) is 2.89. The lowest BCUT2D eigenvalue weighted by Crippen LogP contribution is -2.52. The molecule has 1 N–H and O–H groups in total. The third-order valence-electron chi connectivity index (χ3n) is 4.21. The maximum absolute atomic E-state index is 12.3. The summed E-state index contributed by atoms with van der Waals surface area (Å²) in [4.78, 5) is 28.0. The Balaban J connectivity index is 1.53. The number of halogens is 1. The number of rotatable bonds is 2. The molecular weight excluding hydrogens is 346 g/mol. The summed E-state index contributed by atoms with van der Waals surface area (Å²) in [6.07, 6.45) is 2.06. The van der Waals surface area contributed by atoms with Crippen LogP contribution in [-0.4, -0.2) is 47.9 Å². The van der Waals surface area contributed by atoms with Crippen LogP contribution in [0.25, 0.3) is 0 Å². The van der Waals surface area contributed by atoms with Crippen LogP contribution < -0.4 is 5.32 Å². The van der Waals surface area contributed by atoms with E-state index in [0.717, 1.165) is 28.6 Å². The highest BCUT2D eigenvalue weighted by atomic mass is 79.9. The molecule has 0 atom stereocenters. The van der Waals surface area contributed by atoms with Crippen molar-refractivity contribution in [2.45, 2.75) is 19.8 Å². The first-order valence-electron chi connectivity index (χ1n) is 7.65. The molecule has 1 saturated heterocycles. The van der Waals surface area contributed by atoms with Crippen LogP contribution in [0.3, 0.4) is 0 Å². The lowest BCUT2D eigenvalue weighted by molar-refractivity contribution is -0.133.